The Hall–Kier alpha value is -3.90. The highest BCUT2D eigenvalue weighted by Gasteiger charge is 2.11. The number of benzene rings is 3. The lowest BCUT2D eigenvalue weighted by Gasteiger charge is -2.16. The Balaban J connectivity index is 1.58. The van der Waals surface area contributed by atoms with Crippen molar-refractivity contribution in [2.24, 2.45) is 0 Å². The van der Waals surface area contributed by atoms with Crippen LogP contribution >= 0.6 is 0 Å². The van der Waals surface area contributed by atoms with Gasteiger partial charge in [0.15, 0.2) is 0 Å². The van der Waals surface area contributed by atoms with E-state index in [0.717, 1.165) is 29.7 Å². The Morgan fingerprint density at radius 2 is 1.49 bits per heavy atom. The van der Waals surface area contributed by atoms with Crippen LogP contribution in [-0.2, 0) is 11.2 Å². The zero-order chi connectivity index (χ0) is 24.9. The third-order valence-electron chi connectivity index (χ3n) is 5.43. The first kappa shape index (κ1) is 25.7. The Morgan fingerprint density at radius 1 is 0.857 bits per heavy atom. The molecule has 3 N–H and O–H groups in total. The largest absolute Gasteiger partial charge is 0.353 e. The molecule has 0 bridgehead atoms. The van der Waals surface area contributed by atoms with Gasteiger partial charge in [-0.25, -0.2) is 4.79 Å². The molecule has 3 aromatic rings. The molecular formula is C29H34N4O2. The normalized spacial score (nSPS) is 11.9. The van der Waals surface area contributed by atoms with Crippen LogP contribution in [0, 0.1) is 0 Å². The van der Waals surface area contributed by atoms with Crippen molar-refractivity contribution in [1.29, 1.82) is 0 Å². The average molecular weight is 471 g/mol. The second-order valence-corrected chi connectivity index (χ2v) is 8.65. The van der Waals surface area contributed by atoms with Gasteiger partial charge in [0.05, 0.1) is 6.04 Å². The SMILES string of the molecule is CN(C)CCCNC(=O)/C=C/[C@H](Cc1ccccc1)NC(=O)Nc1ccc(-c2ccccc2)cc1. The van der Waals surface area contributed by atoms with E-state index >= 15 is 0 Å². The van der Waals surface area contributed by atoms with Gasteiger partial charge in [-0.1, -0.05) is 78.9 Å². The van der Waals surface area contributed by atoms with Gasteiger partial charge in [-0.3, -0.25) is 4.79 Å². The van der Waals surface area contributed by atoms with Crippen LogP contribution in [0.15, 0.2) is 97.1 Å². The predicted molar refractivity (Wildman–Crippen MR) is 143 cm³/mol. The third kappa shape index (κ3) is 9.47. The fraction of sp³-hybridized carbons (Fsp3) is 0.241. The van der Waals surface area contributed by atoms with Crippen molar-refractivity contribution in [3.63, 3.8) is 0 Å². The van der Waals surface area contributed by atoms with Crippen LogP contribution in [0.4, 0.5) is 10.5 Å². The van der Waals surface area contributed by atoms with Crippen molar-refractivity contribution >= 4 is 17.6 Å². The Bertz CT molecular complexity index is 1080. The Kier molecular flexibility index (Phi) is 10.1. The fourth-order valence-electron chi connectivity index (χ4n) is 3.62. The lowest BCUT2D eigenvalue weighted by molar-refractivity contribution is -0.116. The number of carbonyl (C=O) groups is 2. The van der Waals surface area contributed by atoms with Crippen molar-refractivity contribution in [3.8, 4) is 11.1 Å². The highest BCUT2D eigenvalue weighted by molar-refractivity contribution is 5.90. The molecule has 0 aliphatic carbocycles. The van der Waals surface area contributed by atoms with Gasteiger partial charge in [-0.05, 0) is 62.3 Å². The first-order valence-electron chi connectivity index (χ1n) is 11.9. The minimum Gasteiger partial charge on any atom is -0.353 e. The molecular weight excluding hydrogens is 436 g/mol. The maximum Gasteiger partial charge on any atom is 0.319 e. The lowest BCUT2D eigenvalue weighted by atomic mass is 10.1. The molecule has 3 rings (SSSR count). The standard InChI is InChI=1S/C29H34N4O2/c1-33(2)21-9-20-30-28(34)19-18-27(22-23-10-5-3-6-11-23)32-29(35)31-26-16-14-25(15-17-26)24-12-7-4-8-13-24/h3-8,10-19,27H,9,20-22H2,1-2H3,(H,30,34)(H2,31,32,35)/b19-18+/t27-/m1/s1. The van der Waals surface area contributed by atoms with E-state index in [4.69, 9.17) is 0 Å². The van der Waals surface area contributed by atoms with Gasteiger partial charge in [0, 0.05) is 18.3 Å². The summed E-state index contributed by atoms with van der Waals surface area (Å²) in [6.07, 6.45) is 4.69. The topological polar surface area (TPSA) is 73.5 Å². The van der Waals surface area contributed by atoms with Gasteiger partial charge in [0.25, 0.3) is 0 Å². The average Bonchev–Trinajstić information content (AvgIpc) is 2.86. The number of nitrogens with zero attached hydrogens (tertiary/aromatic N) is 1. The maximum absolute atomic E-state index is 12.7. The summed E-state index contributed by atoms with van der Waals surface area (Å²) < 4.78 is 0. The molecule has 3 amide bonds. The van der Waals surface area contributed by atoms with Crippen LogP contribution in [0.1, 0.15) is 12.0 Å². The van der Waals surface area contributed by atoms with Crippen LogP contribution in [0.2, 0.25) is 0 Å². The van der Waals surface area contributed by atoms with Crippen molar-refractivity contribution < 1.29 is 9.59 Å². The number of carbonyl (C=O) groups excluding carboxylic acids is 2. The minimum absolute atomic E-state index is 0.166. The molecule has 35 heavy (non-hydrogen) atoms. The van der Waals surface area contributed by atoms with Gasteiger partial charge in [0.2, 0.25) is 5.91 Å². The van der Waals surface area contributed by atoms with Gasteiger partial charge >= 0.3 is 6.03 Å². The molecule has 0 aliphatic rings. The zero-order valence-corrected chi connectivity index (χ0v) is 20.4. The van der Waals surface area contributed by atoms with Gasteiger partial charge < -0.3 is 20.9 Å². The van der Waals surface area contributed by atoms with E-state index in [1.165, 1.54) is 6.08 Å². The summed E-state index contributed by atoms with van der Waals surface area (Å²) in [6, 6.07) is 27.0. The van der Waals surface area contributed by atoms with E-state index in [1.54, 1.807) is 6.08 Å². The molecule has 1 atom stereocenters. The monoisotopic (exact) mass is 470 g/mol. The molecule has 0 unspecified atom stereocenters. The summed E-state index contributed by atoms with van der Waals surface area (Å²) in [4.78, 5) is 27.0. The number of amides is 3. The molecule has 6 heteroatoms. The van der Waals surface area contributed by atoms with Crippen molar-refractivity contribution in [3.05, 3.63) is 103 Å². The molecule has 6 nitrogen and oxygen atoms in total. The number of urea groups is 1. The van der Waals surface area contributed by atoms with E-state index in [9.17, 15) is 9.59 Å². The molecule has 3 aromatic carbocycles. The van der Waals surface area contributed by atoms with Crippen molar-refractivity contribution in [2.45, 2.75) is 18.9 Å². The summed E-state index contributed by atoms with van der Waals surface area (Å²) in [6.45, 7) is 1.52. The third-order valence-corrected chi connectivity index (χ3v) is 5.43. The smallest absolute Gasteiger partial charge is 0.319 e. The second kappa shape index (κ2) is 13.7. The van der Waals surface area contributed by atoms with Crippen LogP contribution in [-0.4, -0.2) is 50.1 Å². The van der Waals surface area contributed by atoms with Gasteiger partial charge in [0.1, 0.15) is 0 Å². The van der Waals surface area contributed by atoms with Crippen LogP contribution in [0.3, 0.4) is 0 Å². The Labute approximate surface area is 208 Å². The molecule has 0 spiro atoms. The summed E-state index contributed by atoms with van der Waals surface area (Å²) in [7, 11) is 4.01. The molecule has 0 saturated heterocycles. The Morgan fingerprint density at radius 3 is 2.14 bits per heavy atom. The maximum atomic E-state index is 12.7. The van der Waals surface area contributed by atoms with Crippen LogP contribution < -0.4 is 16.0 Å². The second-order valence-electron chi connectivity index (χ2n) is 8.65. The van der Waals surface area contributed by atoms with E-state index in [1.807, 2.05) is 99.0 Å². The first-order chi connectivity index (χ1) is 17.0. The minimum atomic E-state index is -0.339. The van der Waals surface area contributed by atoms with Crippen LogP contribution in [0.25, 0.3) is 11.1 Å². The number of hydrogen-bond donors (Lipinski definition) is 3. The van der Waals surface area contributed by atoms with Crippen LogP contribution in [0.5, 0.6) is 0 Å². The summed E-state index contributed by atoms with van der Waals surface area (Å²) in [5.41, 5.74) is 3.97. The van der Waals surface area contributed by atoms with E-state index in [2.05, 4.69) is 20.9 Å². The summed E-state index contributed by atoms with van der Waals surface area (Å²) >= 11 is 0. The molecule has 0 aromatic heterocycles. The number of hydrogen-bond acceptors (Lipinski definition) is 3. The number of nitrogens with one attached hydrogen (secondary N) is 3. The zero-order valence-electron chi connectivity index (χ0n) is 20.4. The highest BCUT2D eigenvalue weighted by Crippen LogP contribution is 2.21. The molecule has 182 valence electrons. The predicted octanol–water partition coefficient (Wildman–Crippen LogP) is 4.71. The molecule has 0 aliphatic heterocycles. The van der Waals surface area contributed by atoms with E-state index in [-0.39, 0.29) is 18.0 Å². The first-order valence-corrected chi connectivity index (χ1v) is 11.9. The number of rotatable bonds is 11. The molecule has 0 saturated carbocycles. The summed E-state index contributed by atoms with van der Waals surface area (Å²) in [5, 5.41) is 8.75. The van der Waals surface area contributed by atoms with Gasteiger partial charge in [-0.2, -0.15) is 0 Å². The molecule has 0 radical (unpaired) electrons. The molecule has 0 heterocycles. The molecule has 0 fully saturated rings. The summed E-state index contributed by atoms with van der Waals surface area (Å²) in [5.74, 6) is -0.166. The lowest BCUT2D eigenvalue weighted by Crippen LogP contribution is -2.38. The highest BCUT2D eigenvalue weighted by atomic mass is 16.2. The van der Waals surface area contributed by atoms with Crippen molar-refractivity contribution in [2.75, 3.05) is 32.5 Å². The van der Waals surface area contributed by atoms with E-state index in [0.29, 0.717) is 18.7 Å². The quantitative estimate of drug-likeness (QED) is 0.281. The fourth-order valence-corrected chi connectivity index (χ4v) is 3.62. The number of anilines is 1. The van der Waals surface area contributed by atoms with E-state index < -0.39 is 0 Å². The van der Waals surface area contributed by atoms with Gasteiger partial charge in [-0.15, -0.1) is 0 Å². The van der Waals surface area contributed by atoms with Crippen molar-refractivity contribution in [1.82, 2.24) is 15.5 Å².